The lowest BCUT2D eigenvalue weighted by Gasteiger charge is -2.11. The van der Waals surface area contributed by atoms with Gasteiger partial charge in [-0.3, -0.25) is 5.41 Å². The number of hydrogen-bond donors (Lipinski definition) is 2. The number of hydrogen-bond acceptors (Lipinski definition) is 2. The summed E-state index contributed by atoms with van der Waals surface area (Å²) in [7, 11) is 0. The molecule has 2 aromatic carbocycles. The summed E-state index contributed by atoms with van der Waals surface area (Å²) in [5.41, 5.74) is 7.39. The Morgan fingerprint density at radius 3 is 2.44 bits per heavy atom. The first-order valence-electron chi connectivity index (χ1n) is 5.46. The Kier molecular flexibility index (Phi) is 3.94. The van der Waals surface area contributed by atoms with Gasteiger partial charge in [-0.05, 0) is 30.7 Å². The molecule has 0 aliphatic carbocycles. The smallest absolute Gasteiger partial charge is 0.125 e. The highest BCUT2D eigenvalue weighted by molar-refractivity contribution is 7.99. The van der Waals surface area contributed by atoms with E-state index in [9.17, 15) is 0 Å². The van der Waals surface area contributed by atoms with E-state index in [4.69, 9.17) is 22.7 Å². The third-order valence-corrected chi connectivity index (χ3v) is 4.11. The highest BCUT2D eigenvalue weighted by Crippen LogP contribution is 2.34. The van der Waals surface area contributed by atoms with E-state index < -0.39 is 0 Å². The zero-order valence-corrected chi connectivity index (χ0v) is 11.5. The molecule has 0 aromatic heterocycles. The van der Waals surface area contributed by atoms with E-state index in [0.29, 0.717) is 10.6 Å². The van der Waals surface area contributed by atoms with Crippen LogP contribution in [0.5, 0.6) is 0 Å². The largest absolute Gasteiger partial charge is 0.384 e. The maximum atomic E-state index is 7.62. The molecule has 4 heteroatoms. The number of rotatable bonds is 3. The normalized spacial score (nSPS) is 10.3. The number of nitrogens with two attached hydrogens (primary N) is 1. The van der Waals surface area contributed by atoms with Gasteiger partial charge in [0.1, 0.15) is 5.84 Å². The summed E-state index contributed by atoms with van der Waals surface area (Å²) in [6.45, 7) is 2.06. The van der Waals surface area contributed by atoms with Crippen molar-refractivity contribution in [2.24, 2.45) is 5.73 Å². The molecular formula is C14H13ClN2S. The molecule has 0 aliphatic rings. The zero-order valence-electron chi connectivity index (χ0n) is 9.91. The van der Waals surface area contributed by atoms with Crippen LogP contribution in [0.1, 0.15) is 11.1 Å². The molecular weight excluding hydrogens is 264 g/mol. The molecule has 0 radical (unpaired) electrons. The number of amidine groups is 1. The Morgan fingerprint density at radius 1 is 1.11 bits per heavy atom. The summed E-state index contributed by atoms with van der Waals surface area (Å²) >= 11 is 7.67. The standard InChI is InChI=1S/C14H13ClN2S/c1-9-5-2-3-7-11(9)18-12-8-4-6-10(15)13(12)14(16)17/h2-8H,1H3,(H3,16,17). The van der Waals surface area contributed by atoms with Crippen LogP contribution in [0, 0.1) is 12.3 Å². The van der Waals surface area contributed by atoms with Crippen LogP contribution in [0.2, 0.25) is 5.02 Å². The van der Waals surface area contributed by atoms with Crippen molar-refractivity contribution in [2.75, 3.05) is 0 Å². The summed E-state index contributed by atoms with van der Waals surface area (Å²) in [4.78, 5) is 2.05. The minimum atomic E-state index is -0.00307. The third kappa shape index (κ3) is 2.68. The van der Waals surface area contributed by atoms with Crippen LogP contribution < -0.4 is 5.73 Å². The molecule has 0 fully saturated rings. The molecule has 0 unspecified atom stereocenters. The Hall–Kier alpha value is -1.45. The molecule has 0 amide bonds. The predicted octanol–water partition coefficient (Wildman–Crippen LogP) is 4.08. The quantitative estimate of drug-likeness (QED) is 0.655. The van der Waals surface area contributed by atoms with Gasteiger partial charge in [0.05, 0.1) is 5.02 Å². The molecule has 0 saturated heterocycles. The number of aryl methyl sites for hydroxylation is 1. The number of nitrogen functional groups attached to an aromatic ring is 1. The Labute approximate surface area is 116 Å². The SMILES string of the molecule is Cc1ccccc1Sc1cccc(Cl)c1C(=N)N. The zero-order chi connectivity index (χ0) is 13.1. The first-order chi connectivity index (χ1) is 8.59. The number of halogens is 1. The van der Waals surface area contributed by atoms with Crippen molar-refractivity contribution >= 4 is 29.2 Å². The molecule has 92 valence electrons. The molecule has 2 nitrogen and oxygen atoms in total. The highest BCUT2D eigenvalue weighted by atomic mass is 35.5. The van der Waals surface area contributed by atoms with Crippen LogP contribution in [0.25, 0.3) is 0 Å². The molecule has 2 aromatic rings. The van der Waals surface area contributed by atoms with E-state index in [1.807, 2.05) is 30.3 Å². The fourth-order valence-electron chi connectivity index (χ4n) is 1.64. The van der Waals surface area contributed by atoms with Crippen molar-refractivity contribution in [1.82, 2.24) is 0 Å². The molecule has 0 saturated carbocycles. The predicted molar refractivity (Wildman–Crippen MR) is 77.8 cm³/mol. The topological polar surface area (TPSA) is 49.9 Å². The van der Waals surface area contributed by atoms with Crippen molar-refractivity contribution in [3.8, 4) is 0 Å². The first kappa shape index (κ1) is 13.0. The van der Waals surface area contributed by atoms with Crippen LogP contribution in [0.4, 0.5) is 0 Å². The first-order valence-corrected chi connectivity index (χ1v) is 6.65. The van der Waals surface area contributed by atoms with Crippen molar-refractivity contribution < 1.29 is 0 Å². The van der Waals surface area contributed by atoms with Crippen molar-refractivity contribution in [2.45, 2.75) is 16.7 Å². The maximum absolute atomic E-state index is 7.62. The van der Waals surface area contributed by atoms with Crippen LogP contribution in [-0.2, 0) is 0 Å². The van der Waals surface area contributed by atoms with E-state index >= 15 is 0 Å². The van der Waals surface area contributed by atoms with E-state index in [1.54, 1.807) is 17.8 Å². The van der Waals surface area contributed by atoms with Gasteiger partial charge in [0.15, 0.2) is 0 Å². The second-order valence-corrected chi connectivity index (χ2v) is 5.39. The monoisotopic (exact) mass is 276 g/mol. The summed E-state index contributed by atoms with van der Waals surface area (Å²) in [5.74, 6) is -0.00307. The van der Waals surface area contributed by atoms with Gasteiger partial charge < -0.3 is 5.73 Å². The summed E-state index contributed by atoms with van der Waals surface area (Å²) in [6, 6.07) is 13.6. The fraction of sp³-hybridized carbons (Fsp3) is 0.0714. The molecule has 0 aliphatic heterocycles. The minimum absolute atomic E-state index is 0.00307. The van der Waals surface area contributed by atoms with Crippen LogP contribution in [0.15, 0.2) is 52.3 Å². The Balaban J connectivity index is 2.44. The van der Waals surface area contributed by atoms with Gasteiger partial charge >= 0.3 is 0 Å². The molecule has 3 N–H and O–H groups in total. The number of benzene rings is 2. The maximum Gasteiger partial charge on any atom is 0.125 e. The van der Waals surface area contributed by atoms with Gasteiger partial charge in [-0.25, -0.2) is 0 Å². The molecule has 2 rings (SSSR count). The molecule has 0 heterocycles. The molecule has 0 atom stereocenters. The average molecular weight is 277 g/mol. The Bertz CT molecular complexity index is 596. The lowest BCUT2D eigenvalue weighted by molar-refractivity contribution is 1.28. The second kappa shape index (κ2) is 5.46. The van der Waals surface area contributed by atoms with Gasteiger partial charge in [0.2, 0.25) is 0 Å². The highest BCUT2D eigenvalue weighted by Gasteiger charge is 2.11. The molecule has 0 bridgehead atoms. The van der Waals surface area contributed by atoms with Gasteiger partial charge in [-0.15, -0.1) is 0 Å². The van der Waals surface area contributed by atoms with Crippen molar-refractivity contribution in [1.29, 1.82) is 5.41 Å². The molecule has 0 spiro atoms. The lowest BCUT2D eigenvalue weighted by Crippen LogP contribution is -2.13. The van der Waals surface area contributed by atoms with E-state index in [0.717, 1.165) is 9.79 Å². The summed E-state index contributed by atoms with van der Waals surface area (Å²) in [6.07, 6.45) is 0. The van der Waals surface area contributed by atoms with Crippen LogP contribution >= 0.6 is 23.4 Å². The summed E-state index contributed by atoms with van der Waals surface area (Å²) in [5, 5.41) is 8.13. The van der Waals surface area contributed by atoms with E-state index in [1.165, 1.54) is 5.56 Å². The summed E-state index contributed by atoms with van der Waals surface area (Å²) < 4.78 is 0. The third-order valence-electron chi connectivity index (χ3n) is 2.56. The molecule has 18 heavy (non-hydrogen) atoms. The van der Waals surface area contributed by atoms with E-state index in [2.05, 4.69) is 13.0 Å². The minimum Gasteiger partial charge on any atom is -0.384 e. The average Bonchev–Trinajstić information content (AvgIpc) is 2.31. The van der Waals surface area contributed by atoms with E-state index in [-0.39, 0.29) is 5.84 Å². The van der Waals surface area contributed by atoms with Crippen molar-refractivity contribution in [3.63, 3.8) is 0 Å². The van der Waals surface area contributed by atoms with Crippen LogP contribution in [0.3, 0.4) is 0 Å². The van der Waals surface area contributed by atoms with Crippen LogP contribution in [-0.4, -0.2) is 5.84 Å². The number of nitrogens with one attached hydrogen (secondary N) is 1. The second-order valence-electron chi connectivity index (χ2n) is 3.89. The fourth-order valence-corrected chi connectivity index (χ4v) is 3.05. The van der Waals surface area contributed by atoms with Crippen molar-refractivity contribution in [3.05, 3.63) is 58.6 Å². The van der Waals surface area contributed by atoms with Gasteiger partial charge in [-0.1, -0.05) is 47.6 Å². The lowest BCUT2D eigenvalue weighted by atomic mass is 10.2. The Morgan fingerprint density at radius 2 is 1.78 bits per heavy atom. The van der Waals surface area contributed by atoms with Gasteiger partial charge in [0, 0.05) is 15.4 Å². The van der Waals surface area contributed by atoms with Gasteiger partial charge in [-0.2, -0.15) is 0 Å². The van der Waals surface area contributed by atoms with Gasteiger partial charge in [0.25, 0.3) is 0 Å².